The van der Waals surface area contributed by atoms with Gasteiger partial charge >= 0.3 is 5.97 Å². The molecule has 2 aliphatic rings. The van der Waals surface area contributed by atoms with E-state index in [0.29, 0.717) is 18.9 Å². The van der Waals surface area contributed by atoms with Gasteiger partial charge in [0.05, 0.1) is 0 Å². The lowest BCUT2D eigenvalue weighted by atomic mass is 10.1. The highest BCUT2D eigenvalue weighted by Crippen LogP contribution is 2.35. The largest absolute Gasteiger partial charge is 0.480 e. The van der Waals surface area contributed by atoms with Crippen LogP contribution in [0.1, 0.15) is 45.4 Å². The molecule has 1 saturated carbocycles. The molecule has 0 aromatic rings. The van der Waals surface area contributed by atoms with E-state index >= 15 is 0 Å². The van der Waals surface area contributed by atoms with Crippen molar-refractivity contribution >= 4 is 16.2 Å². The van der Waals surface area contributed by atoms with E-state index in [-0.39, 0.29) is 6.04 Å². The second kappa shape index (κ2) is 5.76. The van der Waals surface area contributed by atoms with Gasteiger partial charge in [-0.05, 0) is 38.0 Å². The van der Waals surface area contributed by atoms with Gasteiger partial charge in [-0.3, -0.25) is 4.79 Å². The van der Waals surface area contributed by atoms with E-state index in [1.54, 1.807) is 0 Å². The first kappa shape index (κ1) is 14.7. The van der Waals surface area contributed by atoms with Gasteiger partial charge < -0.3 is 5.11 Å². The topological polar surface area (TPSA) is 86.7 Å². The van der Waals surface area contributed by atoms with Crippen molar-refractivity contribution in [1.29, 1.82) is 0 Å². The minimum atomic E-state index is -3.66. The van der Waals surface area contributed by atoms with Crippen molar-refractivity contribution in [3.63, 3.8) is 0 Å². The summed E-state index contributed by atoms with van der Waals surface area (Å²) in [6.07, 6.45) is 4.84. The summed E-state index contributed by atoms with van der Waals surface area (Å²) in [5.41, 5.74) is 0. The number of carboxylic acid groups (broad SMARTS) is 1. The summed E-state index contributed by atoms with van der Waals surface area (Å²) in [6.45, 7) is 2.38. The van der Waals surface area contributed by atoms with E-state index in [9.17, 15) is 13.2 Å². The Morgan fingerprint density at radius 3 is 2.79 bits per heavy atom. The highest BCUT2D eigenvalue weighted by atomic mass is 32.2. The maximum absolute atomic E-state index is 12.3. The van der Waals surface area contributed by atoms with E-state index in [4.69, 9.17) is 5.11 Å². The third-order valence-electron chi connectivity index (χ3n) is 3.93. The zero-order valence-corrected chi connectivity index (χ0v) is 12.0. The molecule has 0 aromatic heterocycles. The summed E-state index contributed by atoms with van der Waals surface area (Å²) in [6, 6.07) is -0.907. The van der Waals surface area contributed by atoms with Gasteiger partial charge in [-0.1, -0.05) is 13.3 Å². The van der Waals surface area contributed by atoms with Crippen LogP contribution in [0, 0.1) is 5.92 Å². The van der Waals surface area contributed by atoms with Crippen molar-refractivity contribution in [2.24, 2.45) is 5.92 Å². The number of rotatable bonds is 6. The van der Waals surface area contributed by atoms with E-state index < -0.39 is 22.2 Å². The molecule has 19 heavy (non-hydrogen) atoms. The highest BCUT2D eigenvalue weighted by Gasteiger charge is 2.43. The molecule has 110 valence electrons. The van der Waals surface area contributed by atoms with Crippen LogP contribution in [0.3, 0.4) is 0 Å². The Labute approximate surface area is 114 Å². The molecule has 0 bridgehead atoms. The fraction of sp³-hybridized carbons (Fsp3) is 0.917. The van der Waals surface area contributed by atoms with Crippen LogP contribution >= 0.6 is 0 Å². The summed E-state index contributed by atoms with van der Waals surface area (Å²) in [7, 11) is -3.66. The molecule has 1 saturated heterocycles. The molecule has 0 aromatic carbocycles. The average Bonchev–Trinajstić information content (AvgIpc) is 3.07. The van der Waals surface area contributed by atoms with Crippen LogP contribution in [-0.2, 0) is 15.0 Å². The molecule has 2 fully saturated rings. The smallest absolute Gasteiger partial charge is 0.322 e. The van der Waals surface area contributed by atoms with Crippen LogP contribution in [-0.4, -0.2) is 42.4 Å². The first-order valence-electron chi connectivity index (χ1n) is 6.97. The maximum Gasteiger partial charge on any atom is 0.322 e. The third-order valence-corrected chi connectivity index (χ3v) is 5.58. The van der Waals surface area contributed by atoms with Gasteiger partial charge in [-0.2, -0.15) is 17.4 Å². The molecule has 2 rings (SSSR count). The van der Waals surface area contributed by atoms with Gasteiger partial charge in [-0.15, -0.1) is 0 Å². The van der Waals surface area contributed by atoms with Gasteiger partial charge in [0.15, 0.2) is 0 Å². The molecular formula is C12H22N2O4S. The monoisotopic (exact) mass is 290 g/mol. The Bertz CT molecular complexity index is 437. The first-order chi connectivity index (χ1) is 8.95. The average molecular weight is 290 g/mol. The first-order valence-corrected chi connectivity index (χ1v) is 8.41. The molecular weight excluding hydrogens is 268 g/mol. The number of carboxylic acids is 1. The van der Waals surface area contributed by atoms with Gasteiger partial charge in [0.1, 0.15) is 6.04 Å². The number of piperidine rings is 1. The summed E-state index contributed by atoms with van der Waals surface area (Å²) in [5, 5.41) is 9.12. The minimum absolute atomic E-state index is 0.00122. The Hall–Kier alpha value is -0.660. The maximum atomic E-state index is 12.3. The Kier molecular flexibility index (Phi) is 4.47. The number of nitrogens with zero attached hydrogens (tertiary/aromatic N) is 1. The van der Waals surface area contributed by atoms with Gasteiger partial charge in [0, 0.05) is 12.6 Å². The molecule has 7 heteroatoms. The number of carbonyl (C=O) groups is 1. The van der Waals surface area contributed by atoms with Crippen molar-refractivity contribution in [2.45, 2.75) is 57.5 Å². The van der Waals surface area contributed by atoms with Crippen LogP contribution < -0.4 is 4.72 Å². The van der Waals surface area contributed by atoms with Crippen molar-refractivity contribution in [3.05, 3.63) is 0 Å². The lowest BCUT2D eigenvalue weighted by Crippen LogP contribution is -2.52. The SMILES string of the molecule is CCCC1CC1NS(=O)(=O)N1CCCCC1C(=O)O. The summed E-state index contributed by atoms with van der Waals surface area (Å²) >= 11 is 0. The van der Waals surface area contributed by atoms with Crippen molar-refractivity contribution in [1.82, 2.24) is 9.03 Å². The predicted octanol–water partition coefficient (Wildman–Crippen LogP) is 0.948. The fourth-order valence-corrected chi connectivity index (χ4v) is 4.49. The van der Waals surface area contributed by atoms with Crippen LogP contribution in [0.2, 0.25) is 0 Å². The lowest BCUT2D eigenvalue weighted by Gasteiger charge is -2.31. The van der Waals surface area contributed by atoms with E-state index in [1.165, 1.54) is 0 Å². The quantitative estimate of drug-likeness (QED) is 0.762. The molecule has 1 aliphatic carbocycles. The van der Waals surface area contributed by atoms with Crippen molar-refractivity contribution < 1.29 is 18.3 Å². The van der Waals surface area contributed by atoms with Crippen LogP contribution in [0.15, 0.2) is 0 Å². The van der Waals surface area contributed by atoms with Crippen molar-refractivity contribution in [2.75, 3.05) is 6.54 Å². The molecule has 3 atom stereocenters. The Morgan fingerprint density at radius 2 is 2.16 bits per heavy atom. The van der Waals surface area contributed by atoms with Crippen LogP contribution in [0.25, 0.3) is 0 Å². The molecule has 6 nitrogen and oxygen atoms in total. The van der Waals surface area contributed by atoms with E-state index in [1.807, 2.05) is 0 Å². The molecule has 0 amide bonds. The third kappa shape index (κ3) is 3.46. The Morgan fingerprint density at radius 1 is 1.42 bits per heavy atom. The Balaban J connectivity index is 2.00. The van der Waals surface area contributed by atoms with Gasteiger partial charge in [0.25, 0.3) is 10.2 Å². The highest BCUT2D eigenvalue weighted by molar-refractivity contribution is 7.87. The van der Waals surface area contributed by atoms with Crippen LogP contribution in [0.4, 0.5) is 0 Å². The number of aliphatic carboxylic acids is 1. The predicted molar refractivity (Wildman–Crippen MR) is 70.8 cm³/mol. The molecule has 2 N–H and O–H groups in total. The van der Waals surface area contributed by atoms with Crippen molar-refractivity contribution in [3.8, 4) is 0 Å². The zero-order chi connectivity index (χ0) is 14.0. The standard InChI is InChI=1S/C12H22N2O4S/c1-2-5-9-8-10(9)13-19(17,18)14-7-4-3-6-11(14)12(15)16/h9-11,13H,2-8H2,1H3,(H,15,16). The summed E-state index contributed by atoms with van der Waals surface area (Å²) < 4.78 is 28.3. The second-order valence-corrected chi connectivity index (χ2v) is 7.13. The summed E-state index contributed by atoms with van der Waals surface area (Å²) in [4.78, 5) is 11.1. The van der Waals surface area contributed by atoms with Gasteiger partial charge in [-0.25, -0.2) is 0 Å². The second-order valence-electron chi connectivity index (χ2n) is 5.47. The van der Waals surface area contributed by atoms with Gasteiger partial charge in [0.2, 0.25) is 0 Å². The summed E-state index contributed by atoms with van der Waals surface area (Å²) in [5.74, 6) is -0.626. The fourth-order valence-electron chi connectivity index (χ4n) is 2.78. The normalized spacial score (nSPS) is 32.2. The van der Waals surface area contributed by atoms with E-state index in [2.05, 4.69) is 11.6 Å². The van der Waals surface area contributed by atoms with Crippen LogP contribution in [0.5, 0.6) is 0 Å². The minimum Gasteiger partial charge on any atom is -0.480 e. The van der Waals surface area contributed by atoms with E-state index in [0.717, 1.165) is 36.4 Å². The molecule has 0 spiro atoms. The number of hydrogen-bond donors (Lipinski definition) is 2. The number of hydrogen-bond acceptors (Lipinski definition) is 3. The lowest BCUT2D eigenvalue weighted by molar-refractivity contribution is -0.142. The molecule has 1 heterocycles. The zero-order valence-electron chi connectivity index (χ0n) is 11.2. The molecule has 3 unspecified atom stereocenters. The molecule has 1 aliphatic heterocycles. The molecule has 0 radical (unpaired) electrons. The number of nitrogens with one attached hydrogen (secondary N) is 1.